The molecule has 3 nitrogen and oxygen atoms in total. The Labute approximate surface area is 109 Å². The quantitative estimate of drug-likeness (QED) is 0.722. The molecule has 2 aliphatic rings. The first kappa shape index (κ1) is 10.3. The fraction of sp³-hybridized carbons (Fsp3) is 0.286. The van der Waals surface area contributed by atoms with E-state index in [-0.39, 0.29) is 5.54 Å². The van der Waals surface area contributed by atoms with E-state index in [0.29, 0.717) is 0 Å². The smallest absolute Gasteiger partial charge is 0.172 e. The monoisotopic (exact) mass is 258 g/mol. The normalized spacial score (nSPS) is 18.3. The number of halogens is 1. The van der Waals surface area contributed by atoms with Gasteiger partial charge in [0.2, 0.25) is 0 Å². The van der Waals surface area contributed by atoms with Crippen LogP contribution in [0.3, 0.4) is 0 Å². The Balaban J connectivity index is 2.08. The standard InChI is InChI=1S/C14H11ClN2O/c1-8-12-11-3-2-10(15)6-9(11)7-16-14(4-5-14)13(12)18-17-8/h2-3,6-7H,4-5H2,1H3. The number of aryl methyl sites for hydroxylation is 1. The fourth-order valence-corrected chi connectivity index (χ4v) is 2.78. The van der Waals surface area contributed by atoms with Crippen molar-refractivity contribution < 1.29 is 4.52 Å². The Bertz CT molecular complexity index is 683. The van der Waals surface area contributed by atoms with E-state index in [0.717, 1.165) is 46.0 Å². The summed E-state index contributed by atoms with van der Waals surface area (Å²) in [5.41, 5.74) is 4.00. The summed E-state index contributed by atoms with van der Waals surface area (Å²) in [5, 5.41) is 4.84. The third-order valence-corrected chi connectivity index (χ3v) is 3.98. The van der Waals surface area contributed by atoms with Gasteiger partial charge in [0.1, 0.15) is 5.54 Å². The number of rotatable bonds is 0. The lowest BCUT2D eigenvalue weighted by Crippen LogP contribution is -2.01. The highest BCUT2D eigenvalue weighted by Crippen LogP contribution is 2.54. The molecule has 1 fully saturated rings. The molecule has 0 unspecified atom stereocenters. The molecular weight excluding hydrogens is 248 g/mol. The zero-order valence-electron chi connectivity index (χ0n) is 9.90. The number of nitrogens with zero attached hydrogens (tertiary/aromatic N) is 2. The summed E-state index contributed by atoms with van der Waals surface area (Å²) in [6, 6.07) is 5.86. The summed E-state index contributed by atoms with van der Waals surface area (Å²) in [7, 11) is 0. The molecule has 0 saturated heterocycles. The maximum Gasteiger partial charge on any atom is 0.172 e. The van der Waals surface area contributed by atoms with E-state index in [9.17, 15) is 0 Å². The lowest BCUT2D eigenvalue weighted by atomic mass is 9.97. The number of aliphatic imine (C=N–C) groups is 1. The molecule has 18 heavy (non-hydrogen) atoms. The molecule has 1 aromatic carbocycles. The largest absolute Gasteiger partial charge is 0.358 e. The first-order valence-electron chi connectivity index (χ1n) is 6.01. The van der Waals surface area contributed by atoms with Gasteiger partial charge < -0.3 is 4.52 Å². The fourth-order valence-electron chi connectivity index (χ4n) is 2.60. The summed E-state index contributed by atoms with van der Waals surface area (Å²) in [5.74, 6) is 0.914. The van der Waals surface area contributed by atoms with Crippen LogP contribution in [-0.2, 0) is 5.54 Å². The molecule has 2 aromatic rings. The van der Waals surface area contributed by atoms with Gasteiger partial charge in [-0.25, -0.2) is 0 Å². The van der Waals surface area contributed by atoms with Gasteiger partial charge in [0.25, 0.3) is 0 Å². The second-order valence-corrected chi connectivity index (χ2v) is 5.43. The van der Waals surface area contributed by atoms with Gasteiger partial charge in [-0.2, -0.15) is 0 Å². The van der Waals surface area contributed by atoms with Crippen LogP contribution in [0.1, 0.15) is 29.9 Å². The molecule has 4 heteroatoms. The van der Waals surface area contributed by atoms with Crippen LogP contribution in [0.2, 0.25) is 5.02 Å². The molecule has 2 heterocycles. The van der Waals surface area contributed by atoms with E-state index in [1.807, 2.05) is 31.3 Å². The summed E-state index contributed by atoms with van der Waals surface area (Å²) < 4.78 is 5.53. The highest BCUT2D eigenvalue weighted by Gasteiger charge is 2.50. The van der Waals surface area contributed by atoms with Crippen molar-refractivity contribution in [1.29, 1.82) is 0 Å². The Morgan fingerprint density at radius 3 is 2.94 bits per heavy atom. The van der Waals surface area contributed by atoms with Crippen LogP contribution >= 0.6 is 11.6 Å². The number of fused-ring (bicyclic) bond motifs is 4. The molecule has 1 saturated carbocycles. The van der Waals surface area contributed by atoms with Crippen molar-refractivity contribution in [3.63, 3.8) is 0 Å². The van der Waals surface area contributed by atoms with Gasteiger partial charge in [0.05, 0.1) is 11.3 Å². The van der Waals surface area contributed by atoms with Crippen LogP contribution in [0.25, 0.3) is 11.1 Å². The molecule has 1 spiro atoms. The van der Waals surface area contributed by atoms with Gasteiger partial charge in [-0.15, -0.1) is 0 Å². The highest BCUT2D eigenvalue weighted by atomic mass is 35.5. The Hall–Kier alpha value is -1.61. The van der Waals surface area contributed by atoms with Gasteiger partial charge in [-0.3, -0.25) is 4.99 Å². The molecule has 0 amide bonds. The van der Waals surface area contributed by atoms with Crippen molar-refractivity contribution in [3.8, 4) is 11.1 Å². The third kappa shape index (κ3) is 1.25. The average Bonchev–Trinajstić information content (AvgIpc) is 3.07. The molecule has 4 rings (SSSR count). The predicted molar refractivity (Wildman–Crippen MR) is 70.2 cm³/mol. The van der Waals surface area contributed by atoms with Crippen LogP contribution in [0.15, 0.2) is 27.7 Å². The highest BCUT2D eigenvalue weighted by molar-refractivity contribution is 6.31. The molecule has 0 bridgehead atoms. The maximum atomic E-state index is 6.06. The van der Waals surface area contributed by atoms with Gasteiger partial charge in [-0.1, -0.05) is 22.8 Å². The van der Waals surface area contributed by atoms with Gasteiger partial charge in [-0.05, 0) is 37.5 Å². The summed E-state index contributed by atoms with van der Waals surface area (Å²) >= 11 is 6.06. The van der Waals surface area contributed by atoms with E-state index in [2.05, 4.69) is 10.1 Å². The Morgan fingerprint density at radius 2 is 2.17 bits per heavy atom. The van der Waals surface area contributed by atoms with E-state index < -0.39 is 0 Å². The van der Waals surface area contributed by atoms with Crippen molar-refractivity contribution in [1.82, 2.24) is 5.16 Å². The topological polar surface area (TPSA) is 38.4 Å². The summed E-state index contributed by atoms with van der Waals surface area (Å²) in [6.07, 6.45) is 3.99. The molecular formula is C14H11ClN2O. The predicted octanol–water partition coefficient (Wildman–Crippen LogP) is 3.73. The first-order chi connectivity index (χ1) is 8.70. The van der Waals surface area contributed by atoms with Gasteiger partial charge in [0, 0.05) is 16.8 Å². The number of hydrogen-bond acceptors (Lipinski definition) is 3. The average molecular weight is 259 g/mol. The lowest BCUT2D eigenvalue weighted by Gasteiger charge is -2.06. The van der Waals surface area contributed by atoms with Crippen LogP contribution in [0.5, 0.6) is 0 Å². The molecule has 1 aliphatic heterocycles. The second-order valence-electron chi connectivity index (χ2n) is 4.99. The van der Waals surface area contributed by atoms with Crippen molar-refractivity contribution in [2.75, 3.05) is 0 Å². The van der Waals surface area contributed by atoms with Crippen LogP contribution < -0.4 is 0 Å². The minimum atomic E-state index is -0.165. The molecule has 1 aliphatic carbocycles. The molecule has 0 atom stereocenters. The minimum absolute atomic E-state index is 0.165. The number of aromatic nitrogens is 1. The molecule has 90 valence electrons. The molecule has 0 N–H and O–H groups in total. The van der Waals surface area contributed by atoms with Crippen molar-refractivity contribution in [3.05, 3.63) is 40.2 Å². The summed E-state index contributed by atoms with van der Waals surface area (Å²) in [6.45, 7) is 1.97. The van der Waals surface area contributed by atoms with Crippen molar-refractivity contribution in [2.24, 2.45) is 4.99 Å². The van der Waals surface area contributed by atoms with E-state index >= 15 is 0 Å². The van der Waals surface area contributed by atoms with Gasteiger partial charge >= 0.3 is 0 Å². The SMILES string of the molecule is Cc1noc2c1-c1ccc(Cl)cc1C=NC21CC1. The van der Waals surface area contributed by atoms with E-state index in [4.69, 9.17) is 16.1 Å². The first-order valence-corrected chi connectivity index (χ1v) is 6.39. The minimum Gasteiger partial charge on any atom is -0.358 e. The van der Waals surface area contributed by atoms with E-state index in [1.165, 1.54) is 0 Å². The third-order valence-electron chi connectivity index (χ3n) is 3.74. The number of hydrogen-bond donors (Lipinski definition) is 0. The maximum absolute atomic E-state index is 6.06. The second kappa shape index (κ2) is 3.23. The van der Waals surface area contributed by atoms with Crippen molar-refractivity contribution >= 4 is 17.8 Å². The zero-order chi connectivity index (χ0) is 12.3. The Kier molecular flexibility index (Phi) is 1.86. The molecule has 1 aromatic heterocycles. The molecule has 0 radical (unpaired) electrons. The van der Waals surface area contributed by atoms with Crippen LogP contribution in [0, 0.1) is 6.92 Å². The van der Waals surface area contributed by atoms with E-state index in [1.54, 1.807) is 0 Å². The van der Waals surface area contributed by atoms with Gasteiger partial charge in [0.15, 0.2) is 5.76 Å². The summed E-state index contributed by atoms with van der Waals surface area (Å²) in [4.78, 5) is 4.69. The van der Waals surface area contributed by atoms with Crippen LogP contribution in [0.4, 0.5) is 0 Å². The zero-order valence-corrected chi connectivity index (χ0v) is 10.7. The van der Waals surface area contributed by atoms with Crippen molar-refractivity contribution in [2.45, 2.75) is 25.3 Å². The lowest BCUT2D eigenvalue weighted by molar-refractivity contribution is 0.354. The number of benzene rings is 1. The Morgan fingerprint density at radius 1 is 1.33 bits per heavy atom. The van der Waals surface area contributed by atoms with Crippen LogP contribution in [-0.4, -0.2) is 11.4 Å².